The highest BCUT2D eigenvalue weighted by atomic mass is 79.9. The molecule has 0 bridgehead atoms. The number of nitrogens with one attached hydrogen (secondary N) is 1. The first-order chi connectivity index (χ1) is 9.54. The van der Waals surface area contributed by atoms with Crippen molar-refractivity contribution in [3.63, 3.8) is 0 Å². The van der Waals surface area contributed by atoms with Crippen molar-refractivity contribution < 1.29 is 8.78 Å². The molecule has 2 aromatic rings. The summed E-state index contributed by atoms with van der Waals surface area (Å²) in [7, 11) is 0. The first-order valence-corrected chi connectivity index (χ1v) is 7.00. The van der Waals surface area contributed by atoms with Crippen molar-refractivity contribution in [1.82, 2.24) is 25.5 Å². The Morgan fingerprint density at radius 1 is 1.35 bits per heavy atom. The average molecular weight is 346 g/mol. The van der Waals surface area contributed by atoms with Gasteiger partial charge in [-0.05, 0) is 42.4 Å². The molecule has 0 radical (unpaired) electrons. The zero-order valence-corrected chi connectivity index (χ0v) is 12.7. The molecule has 1 unspecified atom stereocenters. The molecule has 5 nitrogen and oxygen atoms in total. The number of nitrogens with zero attached hydrogens (tertiary/aromatic N) is 4. The lowest BCUT2D eigenvalue weighted by Crippen LogP contribution is -2.23. The molecule has 1 aromatic carbocycles. The van der Waals surface area contributed by atoms with Crippen LogP contribution in [-0.2, 0) is 0 Å². The van der Waals surface area contributed by atoms with Gasteiger partial charge in [0.25, 0.3) is 0 Å². The molecular weight excluding hydrogens is 332 g/mol. The van der Waals surface area contributed by atoms with Crippen LogP contribution in [0.25, 0.3) is 5.69 Å². The van der Waals surface area contributed by atoms with Crippen molar-refractivity contribution >= 4 is 15.9 Å². The van der Waals surface area contributed by atoms with Gasteiger partial charge in [-0.1, -0.05) is 22.9 Å². The van der Waals surface area contributed by atoms with E-state index in [1.54, 1.807) is 0 Å². The standard InChI is InChI=1S/C12H14BrF2N5/c1-3-4-16-7(2)12-17-18-19-20(12)11-9(14)5-8(13)6-10(11)15/h5-7,16H,3-4H2,1-2H3. The maximum absolute atomic E-state index is 14.0. The van der Waals surface area contributed by atoms with Crippen molar-refractivity contribution in [3.05, 3.63) is 34.1 Å². The Hall–Kier alpha value is -1.41. The van der Waals surface area contributed by atoms with E-state index in [4.69, 9.17) is 0 Å². The Morgan fingerprint density at radius 3 is 2.60 bits per heavy atom. The number of halogens is 3. The molecule has 20 heavy (non-hydrogen) atoms. The van der Waals surface area contributed by atoms with E-state index < -0.39 is 11.6 Å². The van der Waals surface area contributed by atoms with Gasteiger partial charge in [-0.25, -0.2) is 8.78 Å². The highest BCUT2D eigenvalue weighted by Crippen LogP contribution is 2.24. The van der Waals surface area contributed by atoms with Crippen LogP contribution in [0.5, 0.6) is 0 Å². The Kier molecular flexibility index (Phi) is 4.77. The Bertz CT molecular complexity index is 578. The molecule has 0 fully saturated rings. The summed E-state index contributed by atoms with van der Waals surface area (Å²) in [6.07, 6.45) is 0.937. The zero-order valence-electron chi connectivity index (χ0n) is 11.1. The van der Waals surface area contributed by atoms with Crippen LogP contribution >= 0.6 is 15.9 Å². The van der Waals surface area contributed by atoms with Crippen LogP contribution in [0.15, 0.2) is 16.6 Å². The molecule has 1 heterocycles. The van der Waals surface area contributed by atoms with Gasteiger partial charge in [-0.2, -0.15) is 4.68 Å². The maximum Gasteiger partial charge on any atom is 0.173 e. The topological polar surface area (TPSA) is 55.6 Å². The summed E-state index contributed by atoms with van der Waals surface area (Å²) in [5.74, 6) is -1.10. The van der Waals surface area contributed by atoms with Gasteiger partial charge < -0.3 is 5.32 Å². The summed E-state index contributed by atoms with van der Waals surface area (Å²) in [6, 6.07) is 2.13. The normalized spacial score (nSPS) is 12.7. The summed E-state index contributed by atoms with van der Waals surface area (Å²) in [4.78, 5) is 0. The maximum atomic E-state index is 14.0. The van der Waals surface area contributed by atoms with E-state index in [-0.39, 0.29) is 11.7 Å². The van der Waals surface area contributed by atoms with Crippen LogP contribution in [0.1, 0.15) is 32.1 Å². The third-order valence-electron chi connectivity index (χ3n) is 2.77. The molecule has 1 atom stereocenters. The van der Waals surface area contributed by atoms with Crippen molar-refractivity contribution in [1.29, 1.82) is 0 Å². The van der Waals surface area contributed by atoms with E-state index >= 15 is 0 Å². The summed E-state index contributed by atoms with van der Waals surface area (Å²) in [5, 5.41) is 14.2. The molecule has 0 aliphatic carbocycles. The van der Waals surface area contributed by atoms with E-state index in [0.29, 0.717) is 10.3 Å². The van der Waals surface area contributed by atoms with Gasteiger partial charge >= 0.3 is 0 Å². The summed E-state index contributed by atoms with van der Waals surface area (Å²) in [5.41, 5.74) is -0.279. The Balaban J connectivity index is 2.42. The molecular formula is C12H14BrF2N5. The molecule has 8 heteroatoms. The van der Waals surface area contributed by atoms with Gasteiger partial charge in [-0.15, -0.1) is 5.10 Å². The third kappa shape index (κ3) is 3.01. The second-order valence-electron chi connectivity index (χ2n) is 4.34. The lowest BCUT2D eigenvalue weighted by Gasteiger charge is -2.13. The molecule has 0 amide bonds. The zero-order chi connectivity index (χ0) is 14.7. The molecule has 0 aliphatic heterocycles. The Morgan fingerprint density at radius 2 is 2.00 bits per heavy atom. The number of tetrazole rings is 1. The quantitative estimate of drug-likeness (QED) is 0.905. The van der Waals surface area contributed by atoms with Crippen LogP contribution in [0, 0.1) is 11.6 Å². The molecule has 0 saturated heterocycles. The predicted octanol–water partition coefficient (Wildman–Crippen LogP) is 2.76. The van der Waals surface area contributed by atoms with Crippen LogP contribution in [-0.4, -0.2) is 26.8 Å². The van der Waals surface area contributed by atoms with Gasteiger partial charge in [0, 0.05) is 4.47 Å². The number of hydrogen-bond acceptors (Lipinski definition) is 4. The van der Waals surface area contributed by atoms with Crippen LogP contribution in [0.2, 0.25) is 0 Å². The monoisotopic (exact) mass is 345 g/mol. The Labute approximate surface area is 123 Å². The van der Waals surface area contributed by atoms with Gasteiger partial charge in [0.15, 0.2) is 17.5 Å². The second kappa shape index (κ2) is 6.36. The van der Waals surface area contributed by atoms with Crippen LogP contribution in [0.3, 0.4) is 0 Å². The highest BCUT2D eigenvalue weighted by molar-refractivity contribution is 9.10. The van der Waals surface area contributed by atoms with E-state index in [9.17, 15) is 8.78 Å². The lowest BCUT2D eigenvalue weighted by atomic mass is 10.2. The highest BCUT2D eigenvalue weighted by Gasteiger charge is 2.21. The predicted molar refractivity (Wildman–Crippen MR) is 73.5 cm³/mol. The number of rotatable bonds is 5. The van der Waals surface area contributed by atoms with Crippen molar-refractivity contribution in [2.24, 2.45) is 0 Å². The third-order valence-corrected chi connectivity index (χ3v) is 3.23. The van der Waals surface area contributed by atoms with E-state index in [0.717, 1.165) is 17.6 Å². The first kappa shape index (κ1) is 15.0. The van der Waals surface area contributed by atoms with Crippen LogP contribution < -0.4 is 5.32 Å². The average Bonchev–Trinajstić information content (AvgIpc) is 2.83. The molecule has 0 saturated carbocycles. The number of benzene rings is 1. The summed E-state index contributed by atoms with van der Waals surface area (Å²) in [6.45, 7) is 4.63. The number of aromatic nitrogens is 4. The van der Waals surface area contributed by atoms with Crippen molar-refractivity contribution in [2.45, 2.75) is 26.3 Å². The fraction of sp³-hybridized carbons (Fsp3) is 0.417. The lowest BCUT2D eigenvalue weighted by molar-refractivity contribution is 0.510. The smallest absolute Gasteiger partial charge is 0.173 e. The fourth-order valence-electron chi connectivity index (χ4n) is 1.81. The molecule has 1 N–H and O–H groups in total. The van der Waals surface area contributed by atoms with Crippen molar-refractivity contribution in [2.75, 3.05) is 6.54 Å². The molecule has 2 rings (SSSR count). The number of hydrogen-bond donors (Lipinski definition) is 1. The van der Waals surface area contributed by atoms with E-state index in [2.05, 4.69) is 36.8 Å². The van der Waals surface area contributed by atoms with Gasteiger partial charge in [0.1, 0.15) is 5.69 Å². The minimum absolute atomic E-state index is 0.215. The second-order valence-corrected chi connectivity index (χ2v) is 5.26. The van der Waals surface area contributed by atoms with Crippen molar-refractivity contribution in [3.8, 4) is 5.69 Å². The van der Waals surface area contributed by atoms with Gasteiger partial charge in [0.2, 0.25) is 0 Å². The molecule has 0 spiro atoms. The summed E-state index contributed by atoms with van der Waals surface area (Å²) >= 11 is 3.04. The summed E-state index contributed by atoms with van der Waals surface area (Å²) < 4.78 is 29.3. The van der Waals surface area contributed by atoms with E-state index in [1.807, 2.05) is 13.8 Å². The SMILES string of the molecule is CCCNC(C)c1nnnn1-c1c(F)cc(Br)cc1F. The molecule has 108 valence electrons. The molecule has 1 aromatic heterocycles. The largest absolute Gasteiger partial charge is 0.307 e. The minimum Gasteiger partial charge on any atom is -0.307 e. The first-order valence-electron chi connectivity index (χ1n) is 6.21. The minimum atomic E-state index is -0.729. The van der Waals surface area contributed by atoms with Crippen LogP contribution in [0.4, 0.5) is 8.78 Å². The van der Waals surface area contributed by atoms with Gasteiger partial charge in [-0.3, -0.25) is 0 Å². The van der Waals surface area contributed by atoms with E-state index in [1.165, 1.54) is 12.1 Å². The van der Waals surface area contributed by atoms with Gasteiger partial charge in [0.05, 0.1) is 6.04 Å². The fourth-order valence-corrected chi connectivity index (χ4v) is 2.21. The molecule has 0 aliphatic rings.